The molecule has 21 heavy (non-hydrogen) atoms. The van der Waals surface area contributed by atoms with Crippen LogP contribution in [0.15, 0.2) is 29.2 Å². The number of sulfonamides is 1. The third kappa shape index (κ3) is 5.86. The van der Waals surface area contributed by atoms with Gasteiger partial charge in [-0.25, -0.2) is 13.1 Å². The van der Waals surface area contributed by atoms with Crippen LogP contribution in [0.4, 0.5) is 0 Å². The number of aliphatic hydroxyl groups is 1. The molecule has 0 aliphatic heterocycles. The minimum Gasteiger partial charge on any atom is -0.384 e. The maximum Gasteiger partial charge on any atom is 0.240 e. The van der Waals surface area contributed by atoms with Gasteiger partial charge < -0.3 is 10.0 Å². The van der Waals surface area contributed by atoms with Crippen molar-refractivity contribution < 1.29 is 13.5 Å². The molecule has 0 aromatic heterocycles. The minimum atomic E-state index is -3.49. The van der Waals surface area contributed by atoms with E-state index in [9.17, 15) is 8.42 Å². The Hall–Kier alpha value is -1.39. The topological polar surface area (TPSA) is 69.6 Å². The number of rotatable bonds is 6. The van der Waals surface area contributed by atoms with Crippen molar-refractivity contribution in [3.63, 3.8) is 0 Å². The second kappa shape index (κ2) is 8.15. The monoisotopic (exact) mass is 310 g/mol. The summed E-state index contributed by atoms with van der Waals surface area (Å²) < 4.78 is 26.8. The lowest BCUT2D eigenvalue weighted by Gasteiger charge is -2.20. The summed E-state index contributed by atoms with van der Waals surface area (Å²) in [5, 5.41) is 8.61. The Balaban J connectivity index is 2.66. The van der Waals surface area contributed by atoms with Gasteiger partial charge in [-0.2, -0.15) is 0 Å². The molecule has 0 amide bonds. The average molecular weight is 310 g/mol. The van der Waals surface area contributed by atoms with Crippen LogP contribution in [0.5, 0.6) is 0 Å². The summed E-state index contributed by atoms with van der Waals surface area (Å²) in [7, 11) is -1.54. The van der Waals surface area contributed by atoms with Crippen molar-refractivity contribution in [1.29, 1.82) is 0 Å². The highest BCUT2D eigenvalue weighted by Crippen LogP contribution is 2.09. The predicted molar refractivity (Wildman–Crippen MR) is 83.4 cm³/mol. The summed E-state index contributed by atoms with van der Waals surface area (Å²) in [6, 6.07) is 6.64. The van der Waals surface area contributed by atoms with Crippen molar-refractivity contribution in [3.8, 4) is 11.8 Å². The summed E-state index contributed by atoms with van der Waals surface area (Å²) in [5.41, 5.74) is 0.669. The number of likely N-dealkylation sites (N-methyl/N-ethyl adjacent to an activating group) is 1. The number of hydrogen-bond donors (Lipinski definition) is 2. The van der Waals surface area contributed by atoms with E-state index in [2.05, 4.69) is 35.3 Å². The van der Waals surface area contributed by atoms with Crippen molar-refractivity contribution in [2.75, 3.05) is 26.7 Å². The van der Waals surface area contributed by atoms with E-state index in [1.54, 1.807) is 12.1 Å². The van der Waals surface area contributed by atoms with E-state index in [1.807, 2.05) is 7.05 Å². The first-order chi connectivity index (χ1) is 9.86. The number of nitrogens with one attached hydrogen (secondary N) is 1. The average Bonchev–Trinajstić information content (AvgIpc) is 2.45. The minimum absolute atomic E-state index is 0.212. The first-order valence-electron chi connectivity index (χ1n) is 6.76. The van der Waals surface area contributed by atoms with Gasteiger partial charge in [0.15, 0.2) is 0 Å². The highest BCUT2D eigenvalue weighted by atomic mass is 32.2. The van der Waals surface area contributed by atoms with Crippen molar-refractivity contribution in [2.24, 2.45) is 0 Å². The largest absolute Gasteiger partial charge is 0.384 e. The van der Waals surface area contributed by atoms with E-state index in [4.69, 9.17) is 5.11 Å². The Morgan fingerprint density at radius 1 is 1.29 bits per heavy atom. The number of nitrogens with zero attached hydrogens (tertiary/aromatic N) is 1. The maximum absolute atomic E-state index is 12.1. The third-order valence-electron chi connectivity index (χ3n) is 3.11. The lowest BCUT2D eigenvalue weighted by molar-refractivity contribution is 0.278. The molecule has 2 N–H and O–H groups in total. The third-order valence-corrected chi connectivity index (χ3v) is 4.59. The Kier molecular flexibility index (Phi) is 6.85. The van der Waals surface area contributed by atoms with E-state index in [1.165, 1.54) is 12.1 Å². The molecule has 5 nitrogen and oxygen atoms in total. The van der Waals surface area contributed by atoms with Crippen molar-refractivity contribution in [3.05, 3.63) is 29.8 Å². The number of benzene rings is 1. The Bertz CT molecular complexity index is 598. The number of aliphatic hydroxyl groups excluding tert-OH is 1. The summed E-state index contributed by atoms with van der Waals surface area (Å²) in [4.78, 5) is 2.28. The maximum atomic E-state index is 12.1. The lowest BCUT2D eigenvalue weighted by Crippen LogP contribution is -2.36. The van der Waals surface area contributed by atoms with Crippen molar-refractivity contribution >= 4 is 10.0 Å². The van der Waals surface area contributed by atoms with Gasteiger partial charge >= 0.3 is 0 Å². The van der Waals surface area contributed by atoms with Crippen LogP contribution in [0.1, 0.15) is 19.4 Å². The Morgan fingerprint density at radius 2 is 1.90 bits per heavy atom. The second-order valence-corrected chi connectivity index (χ2v) is 6.72. The zero-order chi connectivity index (χ0) is 15.9. The van der Waals surface area contributed by atoms with Crippen LogP contribution in [0.25, 0.3) is 0 Å². The summed E-state index contributed by atoms with van der Waals surface area (Å²) in [5.74, 6) is 5.24. The van der Waals surface area contributed by atoms with Gasteiger partial charge in [0, 0.05) is 24.7 Å². The van der Waals surface area contributed by atoms with Gasteiger partial charge in [0.05, 0.1) is 4.90 Å². The van der Waals surface area contributed by atoms with Gasteiger partial charge in [-0.05, 0) is 45.2 Å². The molecular weight excluding hydrogens is 288 g/mol. The molecule has 0 saturated heterocycles. The molecule has 0 radical (unpaired) electrons. The summed E-state index contributed by atoms with van der Waals surface area (Å²) >= 11 is 0. The molecule has 1 aromatic rings. The van der Waals surface area contributed by atoms with Crippen LogP contribution in [-0.2, 0) is 10.0 Å². The standard InChI is InChI=1S/C15H22N2O3S/c1-13(2)17(3)11-10-16-21(19,20)15-8-6-14(7-9-15)5-4-12-18/h6-9,13,16,18H,10-12H2,1-3H3. The molecule has 1 rings (SSSR count). The van der Waals surface area contributed by atoms with E-state index in [0.29, 0.717) is 24.7 Å². The van der Waals surface area contributed by atoms with Crippen LogP contribution in [0, 0.1) is 11.8 Å². The van der Waals surface area contributed by atoms with E-state index < -0.39 is 10.0 Å². The summed E-state index contributed by atoms with van der Waals surface area (Å²) in [6.07, 6.45) is 0. The fraction of sp³-hybridized carbons (Fsp3) is 0.467. The highest BCUT2D eigenvalue weighted by Gasteiger charge is 2.13. The zero-order valence-corrected chi connectivity index (χ0v) is 13.4. The molecule has 0 heterocycles. The molecule has 1 aromatic carbocycles. The zero-order valence-electron chi connectivity index (χ0n) is 12.6. The van der Waals surface area contributed by atoms with Gasteiger partial charge in [-0.1, -0.05) is 11.8 Å². The molecule has 0 spiro atoms. The van der Waals surface area contributed by atoms with Crippen LogP contribution in [0.2, 0.25) is 0 Å². The fourth-order valence-electron chi connectivity index (χ4n) is 1.56. The normalized spacial score (nSPS) is 11.5. The molecule has 116 valence electrons. The molecule has 0 bridgehead atoms. The van der Waals surface area contributed by atoms with Gasteiger partial charge in [-0.3, -0.25) is 0 Å². The molecule has 0 unspecified atom stereocenters. The first kappa shape index (κ1) is 17.7. The van der Waals surface area contributed by atoms with Gasteiger partial charge in [0.25, 0.3) is 0 Å². The molecule has 0 saturated carbocycles. The van der Waals surface area contributed by atoms with Crippen molar-refractivity contribution in [2.45, 2.75) is 24.8 Å². The highest BCUT2D eigenvalue weighted by molar-refractivity contribution is 7.89. The van der Waals surface area contributed by atoms with Gasteiger partial charge in [-0.15, -0.1) is 0 Å². The Morgan fingerprint density at radius 3 is 2.43 bits per heavy atom. The fourth-order valence-corrected chi connectivity index (χ4v) is 2.58. The molecule has 0 aliphatic carbocycles. The quantitative estimate of drug-likeness (QED) is 0.757. The van der Waals surface area contributed by atoms with Gasteiger partial charge in [0.2, 0.25) is 10.0 Å². The molecule has 0 aliphatic rings. The van der Waals surface area contributed by atoms with Crippen LogP contribution < -0.4 is 4.72 Å². The SMILES string of the molecule is CC(C)N(C)CCNS(=O)(=O)c1ccc(C#CCO)cc1. The van der Waals surface area contributed by atoms with Gasteiger partial charge in [0.1, 0.15) is 6.61 Å². The van der Waals surface area contributed by atoms with Crippen molar-refractivity contribution in [1.82, 2.24) is 9.62 Å². The molecular formula is C15H22N2O3S. The summed E-state index contributed by atoms with van der Waals surface area (Å²) in [6.45, 7) is 4.91. The first-order valence-corrected chi connectivity index (χ1v) is 8.25. The predicted octanol–water partition coefficient (Wildman–Crippen LogP) is 0.649. The second-order valence-electron chi connectivity index (χ2n) is 4.96. The lowest BCUT2D eigenvalue weighted by atomic mass is 10.2. The van der Waals surface area contributed by atoms with E-state index in [0.717, 1.165) is 0 Å². The molecule has 0 fully saturated rings. The Labute approximate surface area is 127 Å². The van der Waals surface area contributed by atoms with Crippen LogP contribution >= 0.6 is 0 Å². The van der Waals surface area contributed by atoms with Crippen LogP contribution in [0.3, 0.4) is 0 Å². The van der Waals surface area contributed by atoms with E-state index in [-0.39, 0.29) is 11.5 Å². The number of hydrogen-bond acceptors (Lipinski definition) is 4. The molecule has 6 heteroatoms. The van der Waals surface area contributed by atoms with E-state index >= 15 is 0 Å². The smallest absolute Gasteiger partial charge is 0.240 e. The van der Waals surface area contributed by atoms with Crippen LogP contribution in [-0.4, -0.2) is 51.2 Å². The molecule has 0 atom stereocenters.